The highest BCUT2D eigenvalue weighted by atomic mass is 19.4. The third kappa shape index (κ3) is 18.9. The second-order valence-electron chi connectivity index (χ2n) is 15.9. The van der Waals surface area contributed by atoms with Crippen molar-refractivity contribution in [3.63, 3.8) is 0 Å². The molecule has 1 rings (SSSR count). The highest BCUT2D eigenvalue weighted by molar-refractivity contribution is 6.05. The molecule has 0 fully saturated rings. The highest BCUT2D eigenvalue weighted by Gasteiger charge is 2.46. The van der Waals surface area contributed by atoms with Gasteiger partial charge in [-0.15, -0.1) is 0 Å². The molecule has 1 unspecified atom stereocenters. The standard InChI is InChI=1S/C39H55F3N6O13/c1-20(2)15-26(35(59)44-23(19-49)18-39(40,41)42)46-36(60)32(38(4,5)6)48(28(50)12-14-30(53)54)37(61)27(16-22-10-8-7-9-21(22)3)47-34(58)25(11-13-29(51)52)45-33(57)24(43)17-31(55)56/h7-10,19-20,23-27,32H,11-18,43H2,1-6H3,(H,44,59)(H,45,57)(H,46,60)(H,47,58)(H,51,52)(H,53,54)(H,55,56)/t23?,24-,25-,26-,27-,32+/m0/s1. The molecule has 0 heterocycles. The second kappa shape index (κ2) is 23.8. The predicted molar refractivity (Wildman–Crippen MR) is 208 cm³/mol. The first-order valence-electron chi connectivity index (χ1n) is 19.1. The Labute approximate surface area is 349 Å². The molecule has 0 radical (unpaired) electrons. The maximum Gasteiger partial charge on any atom is 0.391 e. The Morgan fingerprint density at radius 3 is 1.79 bits per heavy atom. The van der Waals surface area contributed by atoms with Crippen LogP contribution in [0.1, 0.15) is 90.7 Å². The van der Waals surface area contributed by atoms with Crippen LogP contribution in [-0.2, 0) is 54.4 Å². The van der Waals surface area contributed by atoms with Crippen LogP contribution >= 0.6 is 0 Å². The number of aldehydes is 1. The first kappa shape index (κ1) is 53.1. The maximum atomic E-state index is 14.9. The molecule has 19 nitrogen and oxygen atoms in total. The topological polar surface area (TPSA) is 309 Å². The van der Waals surface area contributed by atoms with Crippen LogP contribution in [0.3, 0.4) is 0 Å². The molecule has 6 atom stereocenters. The van der Waals surface area contributed by atoms with E-state index in [0.29, 0.717) is 16.0 Å². The van der Waals surface area contributed by atoms with Gasteiger partial charge in [0.25, 0.3) is 5.91 Å². The van der Waals surface area contributed by atoms with Crippen molar-refractivity contribution < 1.29 is 76.4 Å². The van der Waals surface area contributed by atoms with Crippen molar-refractivity contribution in [1.29, 1.82) is 0 Å². The molecule has 0 aliphatic carbocycles. The number of carboxylic acids is 3. The maximum absolute atomic E-state index is 14.9. The molecule has 1 aromatic carbocycles. The van der Waals surface area contributed by atoms with Crippen LogP contribution in [0.5, 0.6) is 0 Å². The summed E-state index contributed by atoms with van der Waals surface area (Å²) < 4.78 is 39.4. The van der Waals surface area contributed by atoms with E-state index in [1.807, 2.05) is 5.32 Å². The normalized spacial score (nSPS) is 14.5. The minimum absolute atomic E-state index is 0.135. The number of carboxylic acid groups (broad SMARTS) is 3. The van der Waals surface area contributed by atoms with E-state index in [9.17, 15) is 71.3 Å². The lowest BCUT2D eigenvalue weighted by Gasteiger charge is -2.40. The predicted octanol–water partition coefficient (Wildman–Crippen LogP) is 0.976. The highest BCUT2D eigenvalue weighted by Crippen LogP contribution is 2.28. The van der Waals surface area contributed by atoms with Crippen molar-refractivity contribution >= 4 is 59.6 Å². The van der Waals surface area contributed by atoms with Crippen molar-refractivity contribution in [2.45, 2.75) is 135 Å². The largest absolute Gasteiger partial charge is 0.481 e. The minimum Gasteiger partial charge on any atom is -0.481 e. The van der Waals surface area contributed by atoms with Crippen LogP contribution in [0, 0.1) is 18.3 Å². The number of hydrogen-bond donors (Lipinski definition) is 8. The molecule has 61 heavy (non-hydrogen) atoms. The van der Waals surface area contributed by atoms with Crippen LogP contribution in [0.4, 0.5) is 13.2 Å². The average Bonchev–Trinajstić information content (AvgIpc) is 3.12. The number of hydrogen-bond acceptors (Lipinski definition) is 11. The lowest BCUT2D eigenvalue weighted by molar-refractivity contribution is -0.159. The number of nitrogens with two attached hydrogens (primary N) is 1. The van der Waals surface area contributed by atoms with E-state index in [-0.39, 0.29) is 12.7 Å². The average molecular weight is 873 g/mol. The molecule has 0 aliphatic heterocycles. The number of carbonyl (C=O) groups excluding carboxylic acids is 7. The number of benzene rings is 1. The molecule has 9 N–H and O–H groups in total. The zero-order valence-electron chi connectivity index (χ0n) is 34.7. The summed E-state index contributed by atoms with van der Waals surface area (Å²) in [4.78, 5) is 130. The third-order valence-electron chi connectivity index (χ3n) is 8.98. The lowest BCUT2D eigenvalue weighted by Crippen LogP contribution is -2.64. The smallest absolute Gasteiger partial charge is 0.391 e. The van der Waals surface area contributed by atoms with Crippen molar-refractivity contribution in [2.24, 2.45) is 17.1 Å². The number of imide groups is 1. The summed E-state index contributed by atoms with van der Waals surface area (Å²) in [6.07, 6.45) is -11.3. The Kier molecular flexibility index (Phi) is 20.7. The summed E-state index contributed by atoms with van der Waals surface area (Å²) in [6, 6.07) is -4.43. The van der Waals surface area contributed by atoms with Crippen LogP contribution < -0.4 is 27.0 Å². The van der Waals surface area contributed by atoms with Crippen molar-refractivity contribution in [1.82, 2.24) is 26.2 Å². The number of rotatable bonds is 24. The summed E-state index contributed by atoms with van der Waals surface area (Å²) in [6.45, 7) is 9.06. The summed E-state index contributed by atoms with van der Waals surface area (Å²) in [7, 11) is 0. The van der Waals surface area contributed by atoms with Crippen LogP contribution in [0.15, 0.2) is 24.3 Å². The number of nitrogens with zero attached hydrogens (tertiary/aromatic N) is 1. The molecular formula is C39H55F3N6O13. The van der Waals surface area contributed by atoms with E-state index in [1.165, 1.54) is 20.8 Å². The molecule has 0 bridgehead atoms. The van der Waals surface area contributed by atoms with E-state index in [1.54, 1.807) is 45.0 Å². The van der Waals surface area contributed by atoms with Crippen molar-refractivity contribution in [3.8, 4) is 0 Å². The first-order valence-corrected chi connectivity index (χ1v) is 19.1. The van der Waals surface area contributed by atoms with E-state index >= 15 is 0 Å². The molecule has 0 aromatic heterocycles. The Morgan fingerprint density at radius 2 is 1.30 bits per heavy atom. The molecule has 0 saturated carbocycles. The Morgan fingerprint density at radius 1 is 0.754 bits per heavy atom. The Bertz CT molecular complexity index is 1780. The fraction of sp³-hybridized carbons (Fsp3) is 0.590. The van der Waals surface area contributed by atoms with Crippen LogP contribution in [0.2, 0.25) is 0 Å². The van der Waals surface area contributed by atoms with E-state index in [4.69, 9.17) is 10.8 Å². The van der Waals surface area contributed by atoms with Gasteiger partial charge in [-0.3, -0.25) is 48.1 Å². The van der Waals surface area contributed by atoms with E-state index < -0.39 is 152 Å². The van der Waals surface area contributed by atoms with Crippen molar-refractivity contribution in [3.05, 3.63) is 35.4 Å². The zero-order valence-corrected chi connectivity index (χ0v) is 34.7. The lowest BCUT2D eigenvalue weighted by atomic mass is 9.83. The Balaban J connectivity index is 3.95. The number of alkyl halides is 3. The second-order valence-corrected chi connectivity index (χ2v) is 15.9. The number of halogens is 3. The number of carbonyl (C=O) groups is 10. The van der Waals surface area contributed by atoms with E-state index in [0.717, 1.165) is 0 Å². The molecular weight excluding hydrogens is 817 g/mol. The van der Waals surface area contributed by atoms with Gasteiger partial charge in [0.15, 0.2) is 0 Å². The molecule has 0 aliphatic rings. The summed E-state index contributed by atoms with van der Waals surface area (Å²) in [5.74, 6) is -12.1. The molecule has 6 amide bonds. The summed E-state index contributed by atoms with van der Waals surface area (Å²) in [5, 5.41) is 36.8. The van der Waals surface area contributed by atoms with Gasteiger partial charge in [0.2, 0.25) is 29.5 Å². The molecule has 1 aromatic rings. The third-order valence-corrected chi connectivity index (χ3v) is 8.98. The van der Waals surface area contributed by atoms with Gasteiger partial charge < -0.3 is 47.1 Å². The molecule has 340 valence electrons. The number of aryl methyl sites for hydroxylation is 1. The fourth-order valence-corrected chi connectivity index (χ4v) is 6.04. The molecule has 0 saturated heterocycles. The quantitative estimate of drug-likeness (QED) is 0.0672. The monoisotopic (exact) mass is 872 g/mol. The number of aliphatic carboxylic acids is 3. The van der Waals surface area contributed by atoms with Gasteiger partial charge >= 0.3 is 24.1 Å². The molecule has 22 heteroatoms. The number of nitrogens with one attached hydrogen (secondary N) is 4. The van der Waals surface area contributed by atoms with Gasteiger partial charge in [-0.05, 0) is 42.2 Å². The van der Waals surface area contributed by atoms with Gasteiger partial charge in [-0.1, -0.05) is 58.9 Å². The SMILES string of the molecule is Cc1ccccc1C[C@H](NC(=O)[C@H](CCC(=O)O)NC(=O)[C@@H](N)CC(=O)O)C(=O)N(C(=O)CCC(=O)O)[C@H](C(=O)N[C@@H](CC(C)C)C(=O)NC(C=O)CC(F)(F)F)C(C)(C)C. The first-order chi connectivity index (χ1) is 28.1. The van der Waals surface area contributed by atoms with Gasteiger partial charge in [0.05, 0.1) is 31.3 Å². The van der Waals surface area contributed by atoms with Crippen LogP contribution in [0.25, 0.3) is 0 Å². The number of amides is 6. The van der Waals surface area contributed by atoms with Gasteiger partial charge in [0.1, 0.15) is 30.5 Å². The van der Waals surface area contributed by atoms with Gasteiger partial charge in [-0.25, -0.2) is 0 Å². The zero-order chi connectivity index (χ0) is 47.0. The fourth-order valence-electron chi connectivity index (χ4n) is 6.04. The van der Waals surface area contributed by atoms with Gasteiger partial charge in [0, 0.05) is 19.3 Å². The van der Waals surface area contributed by atoms with Crippen molar-refractivity contribution in [2.75, 3.05) is 0 Å². The Hall–Kier alpha value is -5.93. The van der Waals surface area contributed by atoms with Gasteiger partial charge in [-0.2, -0.15) is 13.2 Å². The molecule has 0 spiro atoms. The minimum atomic E-state index is -4.86. The van der Waals surface area contributed by atoms with E-state index in [2.05, 4.69) is 16.0 Å². The summed E-state index contributed by atoms with van der Waals surface area (Å²) in [5.41, 5.74) is 5.16. The summed E-state index contributed by atoms with van der Waals surface area (Å²) >= 11 is 0. The van der Waals surface area contributed by atoms with Crippen LogP contribution in [-0.4, -0.2) is 122 Å².